The number of rotatable bonds is 11. The van der Waals surface area contributed by atoms with Gasteiger partial charge in [-0.05, 0) is 110 Å². The normalized spacial score (nSPS) is 16.4. The summed E-state index contributed by atoms with van der Waals surface area (Å²) in [6.45, 7) is 16.5. The number of halogens is 3. The van der Waals surface area contributed by atoms with Gasteiger partial charge in [0.15, 0.2) is 0 Å². The average molecular weight is 825 g/mol. The largest absolute Gasteiger partial charge is 0.417 e. The zero-order chi connectivity index (χ0) is 43.3. The van der Waals surface area contributed by atoms with Crippen molar-refractivity contribution in [3.63, 3.8) is 0 Å². The van der Waals surface area contributed by atoms with Gasteiger partial charge in [-0.15, -0.1) is 0 Å². The first kappa shape index (κ1) is 45.5. The predicted molar refractivity (Wildman–Crippen MR) is 225 cm³/mol. The number of alkyl halides is 3. The molecule has 0 spiro atoms. The molecule has 1 N–H and O–H groups in total. The van der Waals surface area contributed by atoms with Gasteiger partial charge in [0, 0.05) is 68.5 Å². The molecule has 4 amide bonds. The molecule has 6 rings (SSSR count). The first-order chi connectivity index (χ1) is 27.9. The Morgan fingerprint density at radius 1 is 0.763 bits per heavy atom. The quantitative estimate of drug-likeness (QED) is 0.209. The van der Waals surface area contributed by atoms with E-state index in [1.54, 1.807) is 21.0 Å². The number of hydrogen-bond donors (Lipinski definition) is 1. The Morgan fingerprint density at radius 3 is 1.76 bits per heavy atom. The summed E-state index contributed by atoms with van der Waals surface area (Å²) >= 11 is 0. The van der Waals surface area contributed by atoms with Gasteiger partial charge in [0.05, 0.1) is 28.6 Å². The number of aryl methyl sites for hydroxylation is 2. The minimum Gasteiger partial charge on any atom is -0.355 e. The van der Waals surface area contributed by atoms with Crippen LogP contribution >= 0.6 is 0 Å². The monoisotopic (exact) mass is 824 g/mol. The highest BCUT2D eigenvalue weighted by Gasteiger charge is 2.41. The molecular weight excluding hydrogens is 762 g/mol. The molecule has 0 saturated heterocycles. The number of benzene rings is 2. The highest BCUT2D eigenvalue weighted by Crippen LogP contribution is 2.40. The van der Waals surface area contributed by atoms with E-state index in [1.807, 2.05) is 44.7 Å². The van der Waals surface area contributed by atoms with Crippen LogP contribution in [0.3, 0.4) is 0 Å². The summed E-state index contributed by atoms with van der Waals surface area (Å²) in [5, 5.41) is 2.76. The molecule has 2 heterocycles. The number of carbonyl (C=O) groups excluding carboxylic acids is 4. The van der Waals surface area contributed by atoms with Gasteiger partial charge in [0.25, 0.3) is 11.8 Å². The van der Waals surface area contributed by atoms with Crippen molar-refractivity contribution in [2.75, 3.05) is 18.0 Å². The topological polar surface area (TPSA) is 117 Å². The molecule has 14 heteroatoms. The summed E-state index contributed by atoms with van der Waals surface area (Å²) in [5.74, 6) is -0.895. The van der Waals surface area contributed by atoms with Gasteiger partial charge in [-0.1, -0.05) is 38.5 Å². The fraction of sp³-hybridized carbons (Fsp3) is 0.622. The van der Waals surface area contributed by atoms with Gasteiger partial charge in [-0.25, -0.2) is 4.79 Å². The molecule has 11 nitrogen and oxygen atoms in total. The number of likely N-dealkylation sites (N-methyl/N-ethyl adjacent to an activating group) is 1. The molecule has 0 radical (unpaired) electrons. The van der Waals surface area contributed by atoms with Crippen LogP contribution in [0.1, 0.15) is 150 Å². The lowest BCUT2D eigenvalue weighted by molar-refractivity contribution is -0.138. The van der Waals surface area contributed by atoms with Crippen molar-refractivity contribution in [2.24, 2.45) is 0 Å². The number of nitrogens with one attached hydrogen (secondary N) is 1. The third kappa shape index (κ3) is 9.89. The van der Waals surface area contributed by atoms with Gasteiger partial charge in [0.2, 0.25) is 11.8 Å². The zero-order valence-electron chi connectivity index (χ0n) is 36.1. The van der Waals surface area contributed by atoms with Crippen LogP contribution < -0.4 is 15.9 Å². The average Bonchev–Trinajstić information content (AvgIpc) is 3.64. The standard InChI is InChI=1S/C24H36N4O3.C21H27F3N2O2/c1-6-26-21-14-17(4)20(15-22(21)27(24(26)31)13-12-25-18(5)29)23(30)28(16(2)3)19-10-8-7-9-11-19;1-4-25-18-12-17(21(22,23)24)16(10-14(18)11-19(25)27)20(28)26(13(2)3)15-8-6-5-7-9-15/h14-16,19H,6-13H2,1-5H3,(H,25,29);10,12-13,15H,4-9,11H2,1-3H3. The van der Waals surface area contributed by atoms with Crippen LogP contribution in [0.5, 0.6) is 0 Å². The molecule has 59 heavy (non-hydrogen) atoms. The Hall–Kier alpha value is -4.62. The molecule has 3 aliphatic rings. The Kier molecular flexibility index (Phi) is 14.8. The second kappa shape index (κ2) is 19.2. The van der Waals surface area contributed by atoms with E-state index >= 15 is 0 Å². The minimum absolute atomic E-state index is 0.0344. The van der Waals surface area contributed by atoms with Crippen LogP contribution in [0, 0.1) is 6.92 Å². The first-order valence-electron chi connectivity index (χ1n) is 21.6. The van der Waals surface area contributed by atoms with E-state index in [1.165, 1.54) is 37.2 Å². The van der Waals surface area contributed by atoms with E-state index in [9.17, 15) is 37.1 Å². The number of anilines is 1. The van der Waals surface area contributed by atoms with Gasteiger partial charge in [-0.3, -0.25) is 28.3 Å². The summed E-state index contributed by atoms with van der Waals surface area (Å²) in [7, 11) is 0. The first-order valence-corrected chi connectivity index (χ1v) is 21.6. The third-order valence-electron chi connectivity index (χ3n) is 12.1. The summed E-state index contributed by atoms with van der Waals surface area (Å²) < 4.78 is 44.9. The highest BCUT2D eigenvalue weighted by molar-refractivity contribution is 6.04. The predicted octanol–water partition coefficient (Wildman–Crippen LogP) is 8.25. The maximum atomic E-state index is 13.8. The minimum atomic E-state index is -4.67. The van der Waals surface area contributed by atoms with Crippen LogP contribution in [-0.2, 0) is 35.3 Å². The molecule has 324 valence electrons. The van der Waals surface area contributed by atoms with Gasteiger partial charge < -0.3 is 20.0 Å². The molecular formula is C45H63F3N6O5. The molecule has 1 aliphatic heterocycles. The van der Waals surface area contributed by atoms with Crippen molar-refractivity contribution in [1.29, 1.82) is 0 Å². The molecule has 2 aromatic carbocycles. The molecule has 2 saturated carbocycles. The second-order valence-electron chi connectivity index (χ2n) is 16.9. The second-order valence-corrected chi connectivity index (χ2v) is 16.9. The number of hydrogen-bond acceptors (Lipinski definition) is 5. The fourth-order valence-electron chi connectivity index (χ4n) is 9.38. The van der Waals surface area contributed by atoms with Crippen LogP contribution in [-0.4, -0.2) is 79.8 Å². The number of nitrogens with zero attached hydrogens (tertiary/aromatic N) is 5. The van der Waals surface area contributed by atoms with Crippen LogP contribution in [0.4, 0.5) is 18.9 Å². The number of aromatic nitrogens is 2. The molecule has 2 aliphatic carbocycles. The Morgan fingerprint density at radius 2 is 1.29 bits per heavy atom. The van der Waals surface area contributed by atoms with Crippen LogP contribution in [0.25, 0.3) is 11.0 Å². The van der Waals surface area contributed by atoms with E-state index in [-0.39, 0.29) is 65.3 Å². The van der Waals surface area contributed by atoms with E-state index in [0.29, 0.717) is 37.3 Å². The van der Waals surface area contributed by atoms with Crippen molar-refractivity contribution in [3.8, 4) is 0 Å². The summed E-state index contributed by atoms with van der Waals surface area (Å²) in [6, 6.07) is 6.28. The SMILES string of the molecule is CCN1C(=O)Cc2cc(C(=O)N(C(C)C)C3CCCCC3)c(C(F)(F)F)cc21.CCn1c(=O)n(CCNC(C)=O)c2cc(C(=O)N(C(C)C)C3CCCCC3)c(C)cc21. The fourth-order valence-corrected chi connectivity index (χ4v) is 9.38. The lowest BCUT2D eigenvalue weighted by Gasteiger charge is -2.38. The lowest BCUT2D eigenvalue weighted by Crippen LogP contribution is -2.46. The van der Waals surface area contributed by atoms with E-state index < -0.39 is 17.6 Å². The maximum absolute atomic E-state index is 13.8. The van der Waals surface area contributed by atoms with E-state index in [2.05, 4.69) is 19.2 Å². The maximum Gasteiger partial charge on any atom is 0.417 e. The summed E-state index contributed by atoms with van der Waals surface area (Å²) in [6.07, 6.45) is 5.75. The highest BCUT2D eigenvalue weighted by atomic mass is 19.4. The number of carbonyl (C=O) groups is 4. The third-order valence-corrected chi connectivity index (χ3v) is 12.1. The Labute approximate surface area is 346 Å². The molecule has 1 aromatic heterocycles. The number of amides is 4. The van der Waals surface area contributed by atoms with Crippen molar-refractivity contribution in [1.82, 2.24) is 24.3 Å². The molecule has 0 bridgehead atoms. The molecule has 2 fully saturated rings. The summed E-state index contributed by atoms with van der Waals surface area (Å²) in [5.41, 5.74) is 2.49. The smallest absolute Gasteiger partial charge is 0.355 e. The van der Waals surface area contributed by atoms with Gasteiger partial charge in [0.1, 0.15) is 0 Å². The van der Waals surface area contributed by atoms with E-state index in [0.717, 1.165) is 67.6 Å². The van der Waals surface area contributed by atoms with Crippen LogP contribution in [0.2, 0.25) is 0 Å². The summed E-state index contributed by atoms with van der Waals surface area (Å²) in [4.78, 5) is 68.4. The van der Waals surface area contributed by atoms with Gasteiger partial charge in [-0.2, -0.15) is 13.2 Å². The lowest BCUT2D eigenvalue weighted by atomic mass is 9.92. The Bertz CT molecular complexity index is 2070. The van der Waals surface area contributed by atoms with Crippen molar-refractivity contribution in [2.45, 2.75) is 169 Å². The van der Waals surface area contributed by atoms with Gasteiger partial charge >= 0.3 is 11.9 Å². The zero-order valence-corrected chi connectivity index (χ0v) is 36.1. The molecule has 3 aromatic rings. The van der Waals surface area contributed by atoms with Crippen molar-refractivity contribution in [3.05, 3.63) is 62.6 Å². The number of imidazole rings is 1. The van der Waals surface area contributed by atoms with E-state index in [4.69, 9.17) is 0 Å². The van der Waals surface area contributed by atoms with Crippen molar-refractivity contribution < 1.29 is 32.3 Å². The molecule has 0 atom stereocenters. The van der Waals surface area contributed by atoms with Crippen molar-refractivity contribution >= 4 is 40.3 Å². The molecule has 0 unspecified atom stereocenters. The number of fused-ring (bicyclic) bond motifs is 2. The Balaban J connectivity index is 0.000000225. The van der Waals surface area contributed by atoms with Crippen LogP contribution in [0.15, 0.2) is 29.1 Å².